The van der Waals surface area contributed by atoms with Crippen LogP contribution in [0.25, 0.3) is 11.0 Å². The Morgan fingerprint density at radius 2 is 1.86 bits per heavy atom. The molecule has 4 aliphatic carbocycles. The normalized spacial score (nSPS) is 28.5. The third-order valence-corrected chi connectivity index (χ3v) is 9.99. The predicted molar refractivity (Wildman–Crippen MR) is 139 cm³/mol. The van der Waals surface area contributed by atoms with Crippen LogP contribution >= 0.6 is 0 Å². The van der Waals surface area contributed by atoms with E-state index in [-0.39, 0.29) is 0 Å². The molecule has 0 saturated heterocycles. The molecule has 2 bridgehead atoms. The van der Waals surface area contributed by atoms with Crippen LogP contribution in [0, 0.1) is 19.3 Å². The van der Waals surface area contributed by atoms with E-state index in [4.69, 9.17) is 10.1 Å². The SMILES string of the molecule is Cc1cc(N2CCc3c(c(C)nn3CC34CCC(NC5CCC5)(CC3)CC4)C2)c2cnn(C)c2n1. The van der Waals surface area contributed by atoms with Crippen LogP contribution in [-0.4, -0.2) is 42.7 Å². The Bertz CT molecular complexity index is 1260. The fraction of sp³-hybridized carbons (Fsp3) is 0.679. The number of hydrogen-bond acceptors (Lipinski definition) is 5. The number of rotatable bonds is 5. The highest BCUT2D eigenvalue weighted by Gasteiger charge is 2.50. The average Bonchev–Trinajstić information content (AvgIpc) is 3.36. The van der Waals surface area contributed by atoms with Crippen LogP contribution < -0.4 is 10.2 Å². The average molecular weight is 474 g/mol. The van der Waals surface area contributed by atoms with Crippen LogP contribution in [0.1, 0.15) is 80.4 Å². The number of aryl methyl sites for hydroxylation is 3. The van der Waals surface area contributed by atoms with Crippen LogP contribution in [0.3, 0.4) is 0 Å². The van der Waals surface area contributed by atoms with Gasteiger partial charge in [-0.25, -0.2) is 4.98 Å². The Balaban J connectivity index is 1.11. The van der Waals surface area contributed by atoms with Crippen molar-refractivity contribution >= 4 is 16.7 Å². The molecule has 4 fully saturated rings. The smallest absolute Gasteiger partial charge is 0.159 e. The number of anilines is 1. The Hall–Kier alpha value is -2.41. The third kappa shape index (κ3) is 3.52. The number of nitrogens with one attached hydrogen (secondary N) is 1. The summed E-state index contributed by atoms with van der Waals surface area (Å²) < 4.78 is 4.31. The highest BCUT2D eigenvalue weighted by molar-refractivity contribution is 5.89. The first-order valence-corrected chi connectivity index (χ1v) is 13.8. The molecule has 186 valence electrons. The van der Waals surface area contributed by atoms with E-state index in [9.17, 15) is 0 Å². The summed E-state index contributed by atoms with van der Waals surface area (Å²) in [7, 11) is 1.98. The van der Waals surface area contributed by atoms with Crippen molar-refractivity contribution in [3.63, 3.8) is 0 Å². The van der Waals surface area contributed by atoms with Gasteiger partial charge in [0.25, 0.3) is 0 Å². The van der Waals surface area contributed by atoms with Gasteiger partial charge < -0.3 is 10.2 Å². The predicted octanol–water partition coefficient (Wildman–Crippen LogP) is 4.58. The van der Waals surface area contributed by atoms with Gasteiger partial charge in [-0.05, 0) is 76.7 Å². The van der Waals surface area contributed by atoms with E-state index < -0.39 is 0 Å². The van der Waals surface area contributed by atoms with Crippen molar-refractivity contribution in [2.45, 2.75) is 103 Å². The highest BCUT2D eigenvalue weighted by Crippen LogP contribution is 2.54. The van der Waals surface area contributed by atoms with Crippen molar-refractivity contribution in [1.82, 2.24) is 29.9 Å². The molecule has 4 heterocycles. The third-order valence-electron chi connectivity index (χ3n) is 9.99. The van der Waals surface area contributed by atoms with Crippen molar-refractivity contribution in [2.24, 2.45) is 12.5 Å². The largest absolute Gasteiger partial charge is 0.366 e. The molecule has 35 heavy (non-hydrogen) atoms. The molecule has 0 unspecified atom stereocenters. The second-order valence-corrected chi connectivity index (χ2v) is 12.2. The lowest BCUT2D eigenvalue weighted by Gasteiger charge is -2.55. The van der Waals surface area contributed by atoms with Gasteiger partial charge in [0.1, 0.15) is 0 Å². The van der Waals surface area contributed by atoms with Gasteiger partial charge in [-0.3, -0.25) is 9.36 Å². The second kappa shape index (κ2) is 7.79. The summed E-state index contributed by atoms with van der Waals surface area (Å²) in [6.45, 7) is 7.36. The van der Waals surface area contributed by atoms with Crippen LogP contribution in [0.2, 0.25) is 0 Å². The molecular weight excluding hydrogens is 434 g/mol. The minimum Gasteiger partial charge on any atom is -0.366 e. The lowest BCUT2D eigenvalue weighted by molar-refractivity contribution is -0.00329. The van der Waals surface area contributed by atoms with E-state index >= 15 is 0 Å². The van der Waals surface area contributed by atoms with Crippen LogP contribution in [-0.2, 0) is 26.6 Å². The molecule has 3 aromatic heterocycles. The van der Waals surface area contributed by atoms with E-state index in [1.54, 1.807) is 0 Å². The molecule has 7 heteroatoms. The van der Waals surface area contributed by atoms with Crippen molar-refractivity contribution < 1.29 is 0 Å². The Morgan fingerprint density at radius 3 is 2.57 bits per heavy atom. The molecular formula is C28H39N7. The number of fused-ring (bicyclic) bond motifs is 5. The minimum absolute atomic E-state index is 0.451. The summed E-state index contributed by atoms with van der Waals surface area (Å²) in [5, 5.41) is 14.9. The van der Waals surface area contributed by atoms with E-state index in [1.165, 1.54) is 80.4 Å². The van der Waals surface area contributed by atoms with Crippen molar-refractivity contribution in [2.75, 3.05) is 11.4 Å². The summed E-state index contributed by atoms with van der Waals surface area (Å²) in [6, 6.07) is 3.03. The molecule has 4 saturated carbocycles. The monoisotopic (exact) mass is 473 g/mol. The molecule has 0 atom stereocenters. The van der Waals surface area contributed by atoms with Gasteiger partial charge in [0, 0.05) is 61.6 Å². The maximum atomic E-state index is 5.14. The highest BCUT2D eigenvalue weighted by atomic mass is 15.3. The standard InChI is InChI=1S/C28H39N7/c1-19-15-25(22-16-29-33(3)26(22)30-19)34-14-7-24-23(17-34)20(2)32-35(24)18-27-8-11-28(12-9-27,13-10-27)31-21-5-4-6-21/h15-16,21,31H,4-14,17-18H2,1-3H3. The molecule has 1 aliphatic heterocycles. The van der Waals surface area contributed by atoms with Crippen LogP contribution in [0.5, 0.6) is 0 Å². The van der Waals surface area contributed by atoms with E-state index in [1.807, 2.05) is 17.9 Å². The molecule has 3 aromatic rings. The van der Waals surface area contributed by atoms with Crippen LogP contribution in [0.4, 0.5) is 5.69 Å². The maximum Gasteiger partial charge on any atom is 0.159 e. The number of aromatic nitrogens is 5. The molecule has 8 rings (SSSR count). The quantitative estimate of drug-likeness (QED) is 0.588. The van der Waals surface area contributed by atoms with Gasteiger partial charge in [-0.1, -0.05) is 6.42 Å². The van der Waals surface area contributed by atoms with E-state index in [2.05, 4.69) is 39.9 Å². The van der Waals surface area contributed by atoms with Gasteiger partial charge in [0.05, 0.1) is 23.0 Å². The molecule has 0 spiro atoms. The van der Waals surface area contributed by atoms with Gasteiger partial charge in [0.2, 0.25) is 0 Å². The number of pyridine rings is 1. The summed E-state index contributed by atoms with van der Waals surface area (Å²) in [6.07, 6.45) is 15.4. The first-order chi connectivity index (χ1) is 16.9. The van der Waals surface area contributed by atoms with Crippen molar-refractivity contribution in [3.8, 4) is 0 Å². The zero-order chi connectivity index (χ0) is 23.8. The Labute approximate surface area is 208 Å². The van der Waals surface area contributed by atoms with Gasteiger partial charge >= 0.3 is 0 Å². The van der Waals surface area contributed by atoms with Crippen LogP contribution in [0.15, 0.2) is 12.3 Å². The first kappa shape index (κ1) is 21.8. The summed E-state index contributed by atoms with van der Waals surface area (Å²) >= 11 is 0. The fourth-order valence-corrected chi connectivity index (χ4v) is 7.50. The van der Waals surface area contributed by atoms with Gasteiger partial charge in [-0.15, -0.1) is 0 Å². The van der Waals surface area contributed by atoms with Crippen molar-refractivity contribution in [3.05, 3.63) is 34.9 Å². The number of hydrogen-bond donors (Lipinski definition) is 1. The molecule has 0 amide bonds. The summed E-state index contributed by atoms with van der Waals surface area (Å²) in [5.41, 5.74) is 8.31. The molecule has 1 N–H and O–H groups in total. The van der Waals surface area contributed by atoms with E-state index in [0.29, 0.717) is 11.0 Å². The lowest BCUT2D eigenvalue weighted by atomic mass is 9.57. The lowest BCUT2D eigenvalue weighted by Crippen LogP contribution is -2.59. The topological polar surface area (TPSA) is 63.8 Å². The zero-order valence-electron chi connectivity index (χ0n) is 21.6. The van der Waals surface area contributed by atoms with Gasteiger partial charge in [0.15, 0.2) is 5.65 Å². The minimum atomic E-state index is 0.451. The Kier molecular flexibility index (Phi) is 4.86. The second-order valence-electron chi connectivity index (χ2n) is 12.2. The van der Waals surface area contributed by atoms with E-state index in [0.717, 1.165) is 48.8 Å². The summed E-state index contributed by atoms with van der Waals surface area (Å²) in [4.78, 5) is 7.24. The number of nitrogens with zero attached hydrogens (tertiary/aromatic N) is 6. The van der Waals surface area contributed by atoms with Gasteiger partial charge in [-0.2, -0.15) is 10.2 Å². The molecule has 5 aliphatic rings. The molecule has 7 nitrogen and oxygen atoms in total. The Morgan fingerprint density at radius 1 is 1.09 bits per heavy atom. The first-order valence-electron chi connectivity index (χ1n) is 13.8. The van der Waals surface area contributed by atoms with Crippen molar-refractivity contribution in [1.29, 1.82) is 0 Å². The molecule has 0 radical (unpaired) electrons. The fourth-order valence-electron chi connectivity index (χ4n) is 7.50. The molecule has 0 aromatic carbocycles. The zero-order valence-corrected chi connectivity index (χ0v) is 21.6. The maximum absolute atomic E-state index is 5.14. The summed E-state index contributed by atoms with van der Waals surface area (Å²) in [5.74, 6) is 0.